The quantitative estimate of drug-likeness (QED) is 0.806. The van der Waals surface area contributed by atoms with Crippen molar-refractivity contribution in [2.75, 3.05) is 13.2 Å². The lowest BCUT2D eigenvalue weighted by atomic mass is 10.3. The predicted octanol–water partition coefficient (Wildman–Crippen LogP) is 1.31. The molecule has 0 saturated heterocycles. The van der Waals surface area contributed by atoms with Gasteiger partial charge in [0.1, 0.15) is 5.75 Å². The number of benzene rings is 1. The number of carboxylic acid groups (broad SMARTS) is 1. The van der Waals surface area contributed by atoms with E-state index < -0.39 is 5.97 Å². The van der Waals surface area contributed by atoms with Crippen LogP contribution in [0.4, 0.5) is 0 Å². The molecule has 0 aliphatic rings. The van der Waals surface area contributed by atoms with Gasteiger partial charge in [-0.2, -0.15) is 0 Å². The second kappa shape index (κ2) is 6.75. The molecule has 6 heteroatoms. The molecule has 0 unspecified atom stereocenters. The van der Waals surface area contributed by atoms with E-state index in [2.05, 4.69) is 5.32 Å². The molecule has 2 N–H and O–H groups in total. The van der Waals surface area contributed by atoms with Crippen LogP contribution in [0.3, 0.4) is 0 Å². The van der Waals surface area contributed by atoms with Crippen LogP contribution in [-0.4, -0.2) is 30.1 Å². The van der Waals surface area contributed by atoms with Crippen molar-refractivity contribution in [3.63, 3.8) is 0 Å². The molecule has 1 aromatic rings. The Labute approximate surface area is 103 Å². The van der Waals surface area contributed by atoms with Crippen LogP contribution in [-0.2, 0) is 9.59 Å². The van der Waals surface area contributed by atoms with Crippen LogP contribution in [0.2, 0.25) is 5.02 Å². The maximum absolute atomic E-state index is 11.2. The van der Waals surface area contributed by atoms with E-state index in [1.165, 1.54) is 0 Å². The van der Waals surface area contributed by atoms with Gasteiger partial charge < -0.3 is 15.2 Å². The molecular weight excluding hydrogens is 246 g/mol. The molecule has 92 valence electrons. The number of rotatable bonds is 6. The van der Waals surface area contributed by atoms with Gasteiger partial charge in [-0.25, -0.2) is 0 Å². The molecule has 0 spiro atoms. The van der Waals surface area contributed by atoms with Crippen LogP contribution in [0.1, 0.15) is 6.42 Å². The Morgan fingerprint density at radius 3 is 2.82 bits per heavy atom. The van der Waals surface area contributed by atoms with Crippen molar-refractivity contribution in [1.82, 2.24) is 5.32 Å². The number of hydrogen-bond donors (Lipinski definition) is 2. The van der Waals surface area contributed by atoms with E-state index in [0.29, 0.717) is 10.8 Å². The summed E-state index contributed by atoms with van der Waals surface area (Å²) in [5.41, 5.74) is 0. The zero-order chi connectivity index (χ0) is 12.7. The molecule has 0 fully saturated rings. The van der Waals surface area contributed by atoms with Crippen LogP contribution in [0.5, 0.6) is 5.75 Å². The van der Waals surface area contributed by atoms with Gasteiger partial charge in [0, 0.05) is 11.6 Å². The van der Waals surface area contributed by atoms with Crippen LogP contribution < -0.4 is 10.1 Å². The fraction of sp³-hybridized carbons (Fsp3) is 0.273. The Morgan fingerprint density at radius 1 is 1.41 bits per heavy atom. The molecule has 0 atom stereocenters. The number of carbonyl (C=O) groups excluding carboxylic acids is 1. The summed E-state index contributed by atoms with van der Waals surface area (Å²) >= 11 is 5.73. The van der Waals surface area contributed by atoms with Crippen molar-refractivity contribution in [2.24, 2.45) is 0 Å². The van der Waals surface area contributed by atoms with Gasteiger partial charge in [-0.3, -0.25) is 9.59 Å². The lowest BCUT2D eigenvalue weighted by Gasteiger charge is -2.06. The van der Waals surface area contributed by atoms with Gasteiger partial charge in [-0.1, -0.05) is 17.7 Å². The predicted molar refractivity (Wildman–Crippen MR) is 62.2 cm³/mol. The van der Waals surface area contributed by atoms with Crippen molar-refractivity contribution in [1.29, 1.82) is 0 Å². The first-order chi connectivity index (χ1) is 8.08. The van der Waals surface area contributed by atoms with Gasteiger partial charge >= 0.3 is 5.97 Å². The van der Waals surface area contributed by atoms with Gasteiger partial charge in [-0.15, -0.1) is 0 Å². The van der Waals surface area contributed by atoms with Crippen molar-refractivity contribution in [3.05, 3.63) is 29.3 Å². The van der Waals surface area contributed by atoms with Crippen molar-refractivity contribution >= 4 is 23.5 Å². The SMILES string of the molecule is O=C(O)CCNC(=O)COc1cccc(Cl)c1. The third kappa shape index (κ3) is 5.77. The van der Waals surface area contributed by atoms with E-state index in [1.54, 1.807) is 24.3 Å². The molecule has 0 aromatic heterocycles. The number of halogens is 1. The fourth-order valence-corrected chi connectivity index (χ4v) is 1.25. The average molecular weight is 258 g/mol. The summed E-state index contributed by atoms with van der Waals surface area (Å²) in [6, 6.07) is 6.67. The number of hydrogen-bond acceptors (Lipinski definition) is 3. The second-order valence-corrected chi connectivity index (χ2v) is 3.68. The molecule has 0 aliphatic carbocycles. The van der Waals surface area contributed by atoms with Crippen LogP contribution >= 0.6 is 11.6 Å². The van der Waals surface area contributed by atoms with E-state index >= 15 is 0 Å². The Balaban J connectivity index is 2.26. The molecule has 0 heterocycles. The minimum atomic E-state index is -0.957. The standard InChI is InChI=1S/C11H12ClNO4/c12-8-2-1-3-9(6-8)17-7-10(14)13-5-4-11(15)16/h1-3,6H,4-5,7H2,(H,13,14)(H,15,16). The van der Waals surface area contributed by atoms with Crippen LogP contribution in [0.25, 0.3) is 0 Å². The maximum atomic E-state index is 11.2. The van der Waals surface area contributed by atoms with E-state index in [0.717, 1.165) is 0 Å². The molecule has 0 saturated carbocycles. The van der Waals surface area contributed by atoms with E-state index in [1.807, 2.05) is 0 Å². The van der Waals surface area contributed by atoms with E-state index in [-0.39, 0.29) is 25.5 Å². The minimum Gasteiger partial charge on any atom is -0.484 e. The Bertz CT molecular complexity index is 408. The summed E-state index contributed by atoms with van der Waals surface area (Å²) in [6.07, 6.45) is -0.108. The van der Waals surface area contributed by atoms with Crippen molar-refractivity contribution in [3.8, 4) is 5.75 Å². The summed E-state index contributed by atoms with van der Waals surface area (Å²) in [5, 5.41) is 11.3. The monoisotopic (exact) mass is 257 g/mol. The lowest BCUT2D eigenvalue weighted by molar-refractivity contribution is -0.137. The minimum absolute atomic E-state index is 0.0903. The molecule has 0 bridgehead atoms. The summed E-state index contributed by atoms with van der Waals surface area (Å²) < 4.78 is 5.16. The van der Waals surface area contributed by atoms with Crippen molar-refractivity contribution < 1.29 is 19.4 Å². The average Bonchev–Trinajstić information content (AvgIpc) is 2.26. The highest BCUT2D eigenvalue weighted by molar-refractivity contribution is 6.30. The molecule has 1 amide bonds. The van der Waals surface area contributed by atoms with E-state index in [9.17, 15) is 9.59 Å². The summed E-state index contributed by atoms with van der Waals surface area (Å²) in [7, 11) is 0. The van der Waals surface area contributed by atoms with Crippen LogP contribution in [0, 0.1) is 0 Å². The largest absolute Gasteiger partial charge is 0.484 e. The Morgan fingerprint density at radius 2 is 2.18 bits per heavy atom. The number of carboxylic acids is 1. The number of amides is 1. The highest BCUT2D eigenvalue weighted by atomic mass is 35.5. The Hall–Kier alpha value is -1.75. The normalized spacial score (nSPS) is 9.71. The summed E-state index contributed by atoms with van der Waals surface area (Å²) in [5.74, 6) is -0.835. The topological polar surface area (TPSA) is 75.6 Å². The third-order valence-corrected chi connectivity index (χ3v) is 2.06. The number of ether oxygens (including phenoxy) is 1. The molecule has 0 radical (unpaired) electrons. The first-order valence-corrected chi connectivity index (χ1v) is 5.32. The highest BCUT2D eigenvalue weighted by Crippen LogP contribution is 2.16. The highest BCUT2D eigenvalue weighted by Gasteiger charge is 2.04. The molecule has 1 aromatic carbocycles. The molecule has 1 rings (SSSR count). The maximum Gasteiger partial charge on any atom is 0.305 e. The third-order valence-electron chi connectivity index (χ3n) is 1.83. The number of nitrogens with one attached hydrogen (secondary N) is 1. The number of aliphatic carboxylic acids is 1. The van der Waals surface area contributed by atoms with Gasteiger partial charge in [0.15, 0.2) is 6.61 Å². The molecule has 0 aliphatic heterocycles. The van der Waals surface area contributed by atoms with Gasteiger partial charge in [0.05, 0.1) is 6.42 Å². The molecule has 5 nitrogen and oxygen atoms in total. The number of carbonyl (C=O) groups is 2. The van der Waals surface area contributed by atoms with Gasteiger partial charge in [0.2, 0.25) is 0 Å². The second-order valence-electron chi connectivity index (χ2n) is 3.24. The molecular formula is C11H12ClNO4. The zero-order valence-electron chi connectivity index (χ0n) is 8.98. The zero-order valence-corrected chi connectivity index (χ0v) is 9.74. The lowest BCUT2D eigenvalue weighted by Crippen LogP contribution is -2.30. The van der Waals surface area contributed by atoms with Gasteiger partial charge in [-0.05, 0) is 18.2 Å². The molecule has 17 heavy (non-hydrogen) atoms. The smallest absolute Gasteiger partial charge is 0.305 e. The summed E-state index contributed by atoms with van der Waals surface area (Å²) in [6.45, 7) is -0.0764. The van der Waals surface area contributed by atoms with Gasteiger partial charge in [0.25, 0.3) is 5.91 Å². The fourth-order valence-electron chi connectivity index (χ4n) is 1.07. The Kier molecular flexibility index (Phi) is 5.29. The van der Waals surface area contributed by atoms with E-state index in [4.69, 9.17) is 21.4 Å². The van der Waals surface area contributed by atoms with Crippen molar-refractivity contribution in [2.45, 2.75) is 6.42 Å². The van der Waals surface area contributed by atoms with Crippen LogP contribution in [0.15, 0.2) is 24.3 Å². The summed E-state index contributed by atoms with van der Waals surface area (Å²) in [4.78, 5) is 21.4. The first kappa shape index (κ1) is 13.3. The first-order valence-electron chi connectivity index (χ1n) is 4.95.